The van der Waals surface area contributed by atoms with Crippen LogP contribution in [0, 0.1) is 5.41 Å². The molecule has 28 heavy (non-hydrogen) atoms. The van der Waals surface area contributed by atoms with Gasteiger partial charge >= 0.3 is 0 Å². The van der Waals surface area contributed by atoms with Crippen molar-refractivity contribution in [3.05, 3.63) is 59.7 Å². The van der Waals surface area contributed by atoms with Gasteiger partial charge in [-0.25, -0.2) is 0 Å². The van der Waals surface area contributed by atoms with Gasteiger partial charge in [0, 0.05) is 28.2 Å². The highest BCUT2D eigenvalue weighted by molar-refractivity contribution is 7.98. The van der Waals surface area contributed by atoms with Crippen molar-refractivity contribution in [3.63, 3.8) is 0 Å². The lowest BCUT2D eigenvalue weighted by molar-refractivity contribution is -0.125. The first-order valence-corrected chi connectivity index (χ1v) is 10.6. The van der Waals surface area contributed by atoms with Crippen LogP contribution in [0.15, 0.2) is 53.4 Å². The van der Waals surface area contributed by atoms with Gasteiger partial charge in [-0.3, -0.25) is 9.59 Å². The number of carbonyl (C=O) groups excluding carboxylic acids is 2. The van der Waals surface area contributed by atoms with E-state index < -0.39 is 11.3 Å². The van der Waals surface area contributed by atoms with Gasteiger partial charge in [0.25, 0.3) is 0 Å². The van der Waals surface area contributed by atoms with E-state index in [4.69, 9.17) is 5.73 Å². The van der Waals surface area contributed by atoms with Crippen LogP contribution in [0.3, 0.4) is 0 Å². The highest BCUT2D eigenvalue weighted by atomic mass is 32.2. The number of primary amides is 1. The third kappa shape index (κ3) is 5.86. The van der Waals surface area contributed by atoms with E-state index in [0.717, 1.165) is 29.0 Å². The number of thioether (sulfide) groups is 1. The summed E-state index contributed by atoms with van der Waals surface area (Å²) in [5, 5.41) is 0. The Kier molecular flexibility index (Phi) is 7.69. The largest absolute Gasteiger partial charge is 0.366 e. The number of hydrogen-bond donors (Lipinski definition) is 1. The van der Waals surface area contributed by atoms with Crippen LogP contribution in [0.4, 0.5) is 5.69 Å². The molecule has 0 saturated heterocycles. The molecule has 0 unspecified atom stereocenters. The molecule has 0 aromatic heterocycles. The lowest BCUT2D eigenvalue weighted by Crippen LogP contribution is -2.40. The van der Waals surface area contributed by atoms with Gasteiger partial charge in [0.15, 0.2) is 0 Å². The zero-order valence-corrected chi connectivity index (χ0v) is 18.0. The lowest BCUT2D eigenvalue weighted by Gasteiger charge is -2.31. The summed E-state index contributed by atoms with van der Waals surface area (Å²) >= 11 is 1.66. The molecule has 150 valence electrons. The van der Waals surface area contributed by atoms with Gasteiger partial charge in [0.2, 0.25) is 11.8 Å². The molecule has 0 heterocycles. The second-order valence-electron chi connectivity index (χ2n) is 7.88. The van der Waals surface area contributed by atoms with Gasteiger partial charge in [-0.2, -0.15) is 0 Å². The Morgan fingerprint density at radius 1 is 1.07 bits per heavy atom. The molecule has 0 aliphatic carbocycles. The van der Waals surface area contributed by atoms with Gasteiger partial charge in [0.1, 0.15) is 0 Å². The van der Waals surface area contributed by atoms with E-state index in [-0.39, 0.29) is 5.91 Å². The summed E-state index contributed by atoms with van der Waals surface area (Å²) in [4.78, 5) is 27.5. The molecule has 2 aromatic rings. The lowest BCUT2D eigenvalue weighted by atomic mass is 9.94. The van der Waals surface area contributed by atoms with Crippen LogP contribution in [0.2, 0.25) is 0 Å². The number of carbonyl (C=O) groups is 2. The van der Waals surface area contributed by atoms with E-state index in [1.807, 2.05) is 68.1 Å². The second-order valence-corrected chi connectivity index (χ2v) is 8.90. The van der Waals surface area contributed by atoms with Crippen LogP contribution in [0.25, 0.3) is 0 Å². The fourth-order valence-corrected chi connectivity index (χ4v) is 3.83. The van der Waals surface area contributed by atoms with E-state index in [1.165, 1.54) is 0 Å². The summed E-state index contributed by atoms with van der Waals surface area (Å²) < 4.78 is 0. The van der Waals surface area contributed by atoms with Crippen LogP contribution in [0.1, 0.15) is 56.5 Å². The first-order chi connectivity index (χ1) is 13.2. The first-order valence-electron chi connectivity index (χ1n) is 9.66. The van der Waals surface area contributed by atoms with Crippen molar-refractivity contribution < 1.29 is 9.59 Å². The summed E-state index contributed by atoms with van der Waals surface area (Å²) in [5.41, 5.74) is 7.43. The van der Waals surface area contributed by atoms with E-state index in [2.05, 4.69) is 6.92 Å². The quantitative estimate of drug-likeness (QED) is 0.617. The molecule has 2 amide bonds. The molecule has 0 spiro atoms. The average Bonchev–Trinajstić information content (AvgIpc) is 2.66. The van der Waals surface area contributed by atoms with Gasteiger partial charge in [-0.15, -0.1) is 11.8 Å². The van der Waals surface area contributed by atoms with E-state index in [9.17, 15) is 9.59 Å². The van der Waals surface area contributed by atoms with Crippen molar-refractivity contribution in [2.45, 2.75) is 51.2 Å². The molecule has 0 radical (unpaired) electrons. The fraction of sp³-hybridized carbons (Fsp3) is 0.391. The molecule has 2 rings (SSSR count). The normalized spacial score (nSPS) is 11.3. The molecule has 0 bridgehead atoms. The fourth-order valence-electron chi connectivity index (χ4n) is 2.83. The Morgan fingerprint density at radius 2 is 1.79 bits per heavy atom. The van der Waals surface area contributed by atoms with Crippen LogP contribution < -0.4 is 10.6 Å². The van der Waals surface area contributed by atoms with Gasteiger partial charge in [0.05, 0.1) is 5.69 Å². The highest BCUT2D eigenvalue weighted by Crippen LogP contribution is 2.34. The SMILES string of the molecule is CCCCN(C(=O)C(C)(C)C)c1ccccc1SCc1cccc(C(N)=O)c1. The third-order valence-electron chi connectivity index (χ3n) is 4.38. The minimum atomic E-state index is -0.443. The van der Waals surface area contributed by atoms with E-state index >= 15 is 0 Å². The zero-order valence-electron chi connectivity index (χ0n) is 17.2. The first kappa shape index (κ1) is 22.0. The molecule has 0 aliphatic rings. The average molecular weight is 399 g/mol. The maximum absolute atomic E-state index is 13.1. The molecule has 0 fully saturated rings. The predicted octanol–water partition coefficient (Wildman–Crippen LogP) is 5.26. The van der Waals surface area contributed by atoms with Gasteiger partial charge in [-0.05, 0) is 36.2 Å². The number of amides is 2. The monoisotopic (exact) mass is 398 g/mol. The van der Waals surface area contributed by atoms with Crippen molar-refractivity contribution in [3.8, 4) is 0 Å². The summed E-state index contributed by atoms with van der Waals surface area (Å²) in [6.45, 7) is 8.71. The minimum Gasteiger partial charge on any atom is -0.366 e. The third-order valence-corrected chi connectivity index (χ3v) is 5.52. The molecule has 2 N–H and O–H groups in total. The summed E-state index contributed by atoms with van der Waals surface area (Å²) in [6, 6.07) is 15.4. The van der Waals surface area contributed by atoms with Gasteiger partial charge < -0.3 is 10.6 Å². The number of unbranched alkanes of at least 4 members (excludes halogenated alkanes) is 1. The smallest absolute Gasteiger partial charge is 0.248 e. The number of benzene rings is 2. The summed E-state index contributed by atoms with van der Waals surface area (Å²) in [6.07, 6.45) is 1.99. The molecule has 5 heteroatoms. The van der Waals surface area contributed by atoms with Gasteiger partial charge in [-0.1, -0.05) is 58.4 Å². The second kappa shape index (κ2) is 9.78. The maximum atomic E-state index is 13.1. The molecule has 0 saturated carbocycles. The summed E-state index contributed by atoms with van der Waals surface area (Å²) in [7, 11) is 0. The predicted molar refractivity (Wildman–Crippen MR) is 118 cm³/mol. The topological polar surface area (TPSA) is 63.4 Å². The number of nitrogens with two attached hydrogens (primary N) is 1. The van der Waals surface area contributed by atoms with Crippen LogP contribution >= 0.6 is 11.8 Å². The standard InChI is InChI=1S/C23H30N2O2S/c1-5-6-14-25(22(27)23(2,3)4)19-12-7-8-13-20(19)28-16-17-10-9-11-18(15-17)21(24)26/h7-13,15H,5-6,14,16H2,1-4H3,(H2,24,26). The molecule has 0 atom stereocenters. The molecule has 2 aromatic carbocycles. The van der Waals surface area contributed by atoms with Crippen molar-refractivity contribution in [2.75, 3.05) is 11.4 Å². The van der Waals surface area contributed by atoms with Crippen molar-refractivity contribution in [2.24, 2.45) is 11.1 Å². The van der Waals surface area contributed by atoms with E-state index in [0.29, 0.717) is 17.9 Å². The number of para-hydroxylation sites is 1. The minimum absolute atomic E-state index is 0.129. The number of nitrogens with zero attached hydrogens (tertiary/aromatic N) is 1. The Morgan fingerprint density at radius 3 is 2.43 bits per heavy atom. The Bertz CT molecular complexity index is 827. The highest BCUT2D eigenvalue weighted by Gasteiger charge is 2.29. The van der Waals surface area contributed by atoms with Crippen molar-refractivity contribution >= 4 is 29.3 Å². The molecular weight excluding hydrogens is 368 g/mol. The zero-order chi connectivity index (χ0) is 20.7. The van der Waals surface area contributed by atoms with Crippen molar-refractivity contribution in [1.82, 2.24) is 0 Å². The van der Waals surface area contributed by atoms with Crippen LogP contribution in [-0.2, 0) is 10.5 Å². The Labute approximate surface area is 172 Å². The number of hydrogen-bond acceptors (Lipinski definition) is 3. The van der Waals surface area contributed by atoms with Crippen LogP contribution in [0.5, 0.6) is 0 Å². The number of anilines is 1. The maximum Gasteiger partial charge on any atom is 0.248 e. The van der Waals surface area contributed by atoms with Crippen molar-refractivity contribution in [1.29, 1.82) is 0 Å². The van der Waals surface area contributed by atoms with E-state index in [1.54, 1.807) is 17.8 Å². The molecular formula is C23H30N2O2S. The Hall–Kier alpha value is -2.27. The molecule has 4 nitrogen and oxygen atoms in total. The number of rotatable bonds is 8. The molecule has 0 aliphatic heterocycles. The van der Waals surface area contributed by atoms with Crippen LogP contribution in [-0.4, -0.2) is 18.4 Å². The summed E-state index contributed by atoms with van der Waals surface area (Å²) in [5.74, 6) is 0.405. The Balaban J connectivity index is 2.28.